The molecule has 21 heavy (non-hydrogen) atoms. The van der Waals surface area contributed by atoms with Crippen molar-refractivity contribution in [1.29, 1.82) is 0 Å². The van der Waals surface area contributed by atoms with Crippen molar-refractivity contribution in [2.24, 2.45) is 0 Å². The van der Waals surface area contributed by atoms with Crippen LogP contribution in [-0.2, 0) is 11.2 Å². The second-order valence-electron chi connectivity index (χ2n) is 4.81. The van der Waals surface area contributed by atoms with E-state index in [-0.39, 0.29) is 0 Å². The van der Waals surface area contributed by atoms with E-state index >= 15 is 0 Å². The number of benzene rings is 1. The van der Waals surface area contributed by atoms with Crippen LogP contribution in [0.2, 0.25) is 0 Å². The van der Waals surface area contributed by atoms with Crippen LogP contribution in [0.25, 0.3) is 11.3 Å². The fourth-order valence-corrected chi connectivity index (χ4v) is 2.06. The molecule has 0 saturated carbocycles. The Balaban J connectivity index is 2.01. The molecule has 5 nitrogen and oxygen atoms in total. The average molecular weight is 290 g/mol. The number of hydrogen-bond donors (Lipinski definition) is 1. The summed E-state index contributed by atoms with van der Waals surface area (Å²) < 4.78 is 16.2. The lowest BCUT2D eigenvalue weighted by molar-refractivity contribution is 0.199. The largest absolute Gasteiger partial charge is 0.496 e. The fraction of sp³-hybridized carbons (Fsp3) is 0.438. The molecule has 0 bridgehead atoms. The van der Waals surface area contributed by atoms with Gasteiger partial charge in [-0.2, -0.15) is 0 Å². The van der Waals surface area contributed by atoms with E-state index in [1.54, 1.807) is 20.4 Å². The third-order valence-electron chi connectivity index (χ3n) is 3.17. The molecule has 0 aliphatic carbocycles. The molecule has 0 aliphatic rings. The molecule has 114 valence electrons. The minimum atomic E-state index is 0.706. The van der Waals surface area contributed by atoms with Gasteiger partial charge in [0.25, 0.3) is 0 Å². The van der Waals surface area contributed by atoms with Gasteiger partial charge in [-0.1, -0.05) is 11.6 Å². The zero-order chi connectivity index (χ0) is 15.1. The monoisotopic (exact) mass is 290 g/mol. The second kappa shape index (κ2) is 7.81. The molecule has 0 aliphatic heterocycles. The number of ether oxygens (including phenoxy) is 2. The van der Waals surface area contributed by atoms with Gasteiger partial charge in [-0.05, 0) is 19.1 Å². The second-order valence-corrected chi connectivity index (χ2v) is 4.81. The van der Waals surface area contributed by atoms with Gasteiger partial charge in [0, 0.05) is 26.6 Å². The van der Waals surface area contributed by atoms with Gasteiger partial charge in [0.05, 0.1) is 25.5 Å². The maximum atomic E-state index is 5.81. The highest BCUT2D eigenvalue weighted by Gasteiger charge is 2.11. The molecule has 1 aromatic heterocycles. The Morgan fingerprint density at radius 3 is 2.86 bits per heavy atom. The number of nitrogens with zero attached hydrogens (tertiary/aromatic N) is 1. The molecule has 1 N–H and O–H groups in total. The minimum absolute atomic E-state index is 0.706. The Kier molecular flexibility index (Phi) is 5.78. The number of hydrogen-bond acceptors (Lipinski definition) is 5. The summed E-state index contributed by atoms with van der Waals surface area (Å²) in [6.07, 6.45) is 2.50. The Morgan fingerprint density at radius 2 is 2.10 bits per heavy atom. The van der Waals surface area contributed by atoms with Crippen molar-refractivity contribution >= 4 is 0 Å². The third-order valence-corrected chi connectivity index (χ3v) is 3.17. The van der Waals surface area contributed by atoms with Gasteiger partial charge in [-0.3, -0.25) is 0 Å². The van der Waals surface area contributed by atoms with Gasteiger partial charge in [0.1, 0.15) is 5.75 Å². The van der Waals surface area contributed by atoms with Crippen molar-refractivity contribution in [2.45, 2.75) is 13.3 Å². The number of aromatic nitrogens is 1. The van der Waals surface area contributed by atoms with Crippen LogP contribution in [0, 0.1) is 6.92 Å². The molecule has 1 aromatic carbocycles. The summed E-state index contributed by atoms with van der Waals surface area (Å²) in [7, 11) is 3.35. The lowest BCUT2D eigenvalue weighted by Crippen LogP contribution is -2.21. The van der Waals surface area contributed by atoms with Gasteiger partial charge >= 0.3 is 0 Å². The van der Waals surface area contributed by atoms with Gasteiger partial charge in [-0.25, -0.2) is 4.98 Å². The summed E-state index contributed by atoms with van der Waals surface area (Å²) >= 11 is 0. The molecule has 0 unspecified atom stereocenters. The van der Waals surface area contributed by atoms with Crippen LogP contribution in [-0.4, -0.2) is 38.9 Å². The summed E-state index contributed by atoms with van der Waals surface area (Å²) in [4.78, 5) is 4.32. The first-order valence-corrected chi connectivity index (χ1v) is 7.04. The minimum Gasteiger partial charge on any atom is -0.496 e. The van der Waals surface area contributed by atoms with E-state index in [0.29, 0.717) is 6.61 Å². The molecule has 5 heteroatoms. The van der Waals surface area contributed by atoms with Gasteiger partial charge < -0.3 is 19.2 Å². The highest BCUT2D eigenvalue weighted by Crippen LogP contribution is 2.31. The maximum Gasteiger partial charge on any atom is 0.196 e. The number of rotatable bonds is 8. The van der Waals surface area contributed by atoms with Crippen LogP contribution in [0.3, 0.4) is 0 Å². The van der Waals surface area contributed by atoms with E-state index in [9.17, 15) is 0 Å². The number of aryl methyl sites for hydroxylation is 1. The SMILES string of the molecule is COCCNCCc1ncc(-c2cc(C)ccc2OC)o1. The van der Waals surface area contributed by atoms with E-state index in [1.165, 1.54) is 0 Å². The normalized spacial score (nSPS) is 10.8. The van der Waals surface area contributed by atoms with Crippen LogP contribution in [0.1, 0.15) is 11.5 Å². The highest BCUT2D eigenvalue weighted by atomic mass is 16.5. The van der Waals surface area contributed by atoms with Gasteiger partial charge in [0.15, 0.2) is 11.7 Å². The lowest BCUT2D eigenvalue weighted by Gasteiger charge is -2.06. The van der Waals surface area contributed by atoms with Crippen molar-refractivity contribution < 1.29 is 13.9 Å². The van der Waals surface area contributed by atoms with E-state index in [0.717, 1.165) is 48.0 Å². The molecule has 0 spiro atoms. The molecule has 2 aromatic rings. The van der Waals surface area contributed by atoms with Crippen molar-refractivity contribution in [1.82, 2.24) is 10.3 Å². The molecule has 0 radical (unpaired) electrons. The molecule has 0 amide bonds. The lowest BCUT2D eigenvalue weighted by atomic mass is 10.1. The first-order chi connectivity index (χ1) is 10.2. The summed E-state index contributed by atoms with van der Waals surface area (Å²) in [6, 6.07) is 6.00. The number of nitrogens with one attached hydrogen (secondary N) is 1. The van der Waals surface area contributed by atoms with Crippen molar-refractivity contribution in [3.05, 3.63) is 35.9 Å². The van der Waals surface area contributed by atoms with Crippen LogP contribution >= 0.6 is 0 Å². The average Bonchev–Trinajstić information content (AvgIpc) is 2.96. The van der Waals surface area contributed by atoms with E-state index in [4.69, 9.17) is 13.9 Å². The van der Waals surface area contributed by atoms with Crippen LogP contribution in [0.4, 0.5) is 0 Å². The zero-order valence-corrected chi connectivity index (χ0v) is 12.8. The highest BCUT2D eigenvalue weighted by molar-refractivity contribution is 5.66. The summed E-state index contributed by atoms with van der Waals surface area (Å²) in [5, 5.41) is 3.27. The van der Waals surface area contributed by atoms with Gasteiger partial charge in [-0.15, -0.1) is 0 Å². The van der Waals surface area contributed by atoms with Crippen molar-refractivity contribution in [3.63, 3.8) is 0 Å². The van der Waals surface area contributed by atoms with Crippen LogP contribution in [0.15, 0.2) is 28.8 Å². The van der Waals surface area contributed by atoms with E-state index in [1.807, 2.05) is 25.1 Å². The van der Waals surface area contributed by atoms with E-state index < -0.39 is 0 Å². The quantitative estimate of drug-likeness (QED) is 0.757. The zero-order valence-electron chi connectivity index (χ0n) is 12.8. The van der Waals surface area contributed by atoms with E-state index in [2.05, 4.69) is 10.3 Å². The topological polar surface area (TPSA) is 56.5 Å². The number of oxazole rings is 1. The molecule has 2 rings (SSSR count). The predicted molar refractivity (Wildman–Crippen MR) is 81.7 cm³/mol. The Labute approximate surface area is 125 Å². The third kappa shape index (κ3) is 4.31. The Morgan fingerprint density at radius 1 is 1.24 bits per heavy atom. The first kappa shape index (κ1) is 15.5. The standard InChI is InChI=1S/C16H22N2O3/c1-12-4-5-14(20-3)13(10-12)15-11-18-16(21-15)6-7-17-8-9-19-2/h4-5,10-11,17H,6-9H2,1-3H3. The number of methoxy groups -OCH3 is 2. The predicted octanol–water partition coefficient (Wildman–Crippen LogP) is 2.44. The van der Waals surface area contributed by atoms with Crippen LogP contribution < -0.4 is 10.1 Å². The van der Waals surface area contributed by atoms with Crippen molar-refractivity contribution in [3.8, 4) is 17.1 Å². The van der Waals surface area contributed by atoms with Crippen LogP contribution in [0.5, 0.6) is 5.75 Å². The molecule has 0 saturated heterocycles. The van der Waals surface area contributed by atoms with Crippen molar-refractivity contribution in [2.75, 3.05) is 33.9 Å². The molecule has 0 atom stereocenters. The summed E-state index contributed by atoms with van der Waals surface area (Å²) in [5.41, 5.74) is 2.09. The Hall–Kier alpha value is -1.85. The summed E-state index contributed by atoms with van der Waals surface area (Å²) in [6.45, 7) is 4.39. The molecule has 0 fully saturated rings. The first-order valence-electron chi connectivity index (χ1n) is 7.04. The fourth-order valence-electron chi connectivity index (χ4n) is 2.06. The smallest absolute Gasteiger partial charge is 0.196 e. The Bertz CT molecular complexity index is 566. The molecule has 1 heterocycles. The molecular formula is C16H22N2O3. The maximum absolute atomic E-state index is 5.81. The summed E-state index contributed by atoms with van der Waals surface area (Å²) in [5.74, 6) is 2.25. The van der Waals surface area contributed by atoms with Gasteiger partial charge in [0.2, 0.25) is 0 Å². The molecular weight excluding hydrogens is 268 g/mol.